The third kappa shape index (κ3) is 3.23. The van der Waals surface area contributed by atoms with E-state index >= 15 is 0 Å². The Morgan fingerprint density at radius 2 is 1.47 bits per heavy atom. The molecule has 0 N–H and O–H groups in total. The second-order valence-corrected chi connectivity index (χ2v) is 6.96. The average Bonchev–Trinajstić information content (AvgIpc) is 2.82. The number of rotatable bonds is 5. The van der Waals surface area contributed by atoms with Crippen LogP contribution < -0.4 is 0 Å². The van der Waals surface area contributed by atoms with Crippen molar-refractivity contribution in [3.63, 3.8) is 0 Å². The van der Waals surface area contributed by atoms with Gasteiger partial charge in [0.05, 0.1) is 0 Å². The van der Waals surface area contributed by atoms with Crippen LogP contribution in [0.1, 0.15) is 47.0 Å². The molecule has 0 spiro atoms. The molecule has 0 aliphatic heterocycles. The van der Waals surface area contributed by atoms with Gasteiger partial charge in [-0.15, -0.1) is 0 Å². The molecule has 98 valence electrons. The van der Waals surface area contributed by atoms with Crippen LogP contribution in [0.25, 0.3) is 0 Å². The van der Waals surface area contributed by atoms with E-state index in [1.165, 1.54) is 19.3 Å². The highest BCUT2D eigenvalue weighted by Gasteiger charge is 2.48. The second kappa shape index (κ2) is 4.99. The summed E-state index contributed by atoms with van der Waals surface area (Å²) in [6.07, 6.45) is 3.75. The Morgan fingerprint density at radius 3 is 1.88 bits per heavy atom. The third-order valence-corrected chi connectivity index (χ3v) is 4.08. The summed E-state index contributed by atoms with van der Waals surface area (Å²) in [4.78, 5) is 14.6. The summed E-state index contributed by atoms with van der Waals surface area (Å²) in [7, 11) is 0. The first-order chi connectivity index (χ1) is 7.97. The fraction of sp³-hybridized carbons (Fsp3) is 0.933. The van der Waals surface area contributed by atoms with E-state index in [0.29, 0.717) is 23.7 Å². The van der Waals surface area contributed by atoms with Gasteiger partial charge in [0.1, 0.15) is 0 Å². The molecule has 2 aliphatic carbocycles. The first-order valence-electron chi connectivity index (χ1n) is 7.26. The summed E-state index contributed by atoms with van der Waals surface area (Å²) in [5, 5.41) is 0. The number of hydrogen-bond acceptors (Lipinski definition) is 1. The van der Waals surface area contributed by atoms with Gasteiger partial charge in [-0.3, -0.25) is 4.79 Å². The number of amides is 1. The van der Waals surface area contributed by atoms with Crippen LogP contribution in [0.4, 0.5) is 0 Å². The van der Waals surface area contributed by atoms with E-state index in [0.717, 1.165) is 24.9 Å². The maximum atomic E-state index is 12.5. The van der Waals surface area contributed by atoms with Crippen molar-refractivity contribution in [2.75, 3.05) is 13.1 Å². The third-order valence-electron chi connectivity index (χ3n) is 4.08. The van der Waals surface area contributed by atoms with Gasteiger partial charge in [0.2, 0.25) is 5.91 Å². The van der Waals surface area contributed by atoms with Crippen LogP contribution in [-0.2, 0) is 4.79 Å². The fourth-order valence-corrected chi connectivity index (χ4v) is 3.31. The summed E-state index contributed by atoms with van der Waals surface area (Å²) in [6.45, 7) is 10.7. The molecule has 0 aromatic heterocycles. The van der Waals surface area contributed by atoms with Gasteiger partial charge in [-0.05, 0) is 42.9 Å². The largest absolute Gasteiger partial charge is 0.342 e. The topological polar surface area (TPSA) is 20.3 Å². The molecular formula is C15H27NO. The smallest absolute Gasteiger partial charge is 0.225 e. The highest BCUT2D eigenvalue weighted by molar-refractivity contribution is 5.79. The molecule has 2 rings (SSSR count). The molecule has 2 saturated carbocycles. The van der Waals surface area contributed by atoms with Crippen molar-refractivity contribution in [2.24, 2.45) is 29.6 Å². The second-order valence-electron chi connectivity index (χ2n) is 6.96. The van der Waals surface area contributed by atoms with E-state index in [1.54, 1.807) is 0 Å². The predicted molar refractivity (Wildman–Crippen MR) is 70.6 cm³/mol. The molecule has 2 atom stereocenters. The van der Waals surface area contributed by atoms with E-state index in [-0.39, 0.29) is 0 Å². The van der Waals surface area contributed by atoms with Crippen molar-refractivity contribution in [3.8, 4) is 0 Å². The van der Waals surface area contributed by atoms with E-state index in [9.17, 15) is 4.79 Å². The van der Waals surface area contributed by atoms with Gasteiger partial charge < -0.3 is 4.90 Å². The van der Waals surface area contributed by atoms with Gasteiger partial charge in [0.15, 0.2) is 0 Å². The van der Waals surface area contributed by atoms with Gasteiger partial charge >= 0.3 is 0 Å². The molecule has 2 nitrogen and oxygen atoms in total. The SMILES string of the molecule is CC(C)CN(CC(C)C)C(=O)C1CC2CC2C1. The number of nitrogens with zero attached hydrogens (tertiary/aromatic N) is 1. The minimum absolute atomic E-state index is 0.358. The number of fused-ring (bicyclic) bond motifs is 1. The molecule has 0 bridgehead atoms. The Labute approximate surface area is 106 Å². The van der Waals surface area contributed by atoms with Gasteiger partial charge in [0, 0.05) is 19.0 Å². The van der Waals surface area contributed by atoms with Crippen molar-refractivity contribution in [3.05, 3.63) is 0 Å². The van der Waals surface area contributed by atoms with Gasteiger partial charge in [-0.1, -0.05) is 27.7 Å². The Balaban J connectivity index is 1.91. The molecule has 0 heterocycles. The summed E-state index contributed by atoms with van der Waals surface area (Å²) in [5.41, 5.74) is 0. The minimum Gasteiger partial charge on any atom is -0.342 e. The fourth-order valence-electron chi connectivity index (χ4n) is 3.31. The molecule has 2 unspecified atom stereocenters. The molecular weight excluding hydrogens is 210 g/mol. The maximum absolute atomic E-state index is 12.5. The van der Waals surface area contributed by atoms with Crippen molar-refractivity contribution in [2.45, 2.75) is 47.0 Å². The van der Waals surface area contributed by atoms with Crippen LogP contribution >= 0.6 is 0 Å². The molecule has 2 fully saturated rings. The number of carbonyl (C=O) groups excluding carboxylic acids is 1. The summed E-state index contributed by atoms with van der Waals surface area (Å²) < 4.78 is 0. The molecule has 0 aromatic carbocycles. The lowest BCUT2D eigenvalue weighted by Gasteiger charge is -2.29. The van der Waals surface area contributed by atoms with Crippen LogP contribution in [-0.4, -0.2) is 23.9 Å². The summed E-state index contributed by atoms with van der Waals surface area (Å²) in [5.74, 6) is 3.77. The minimum atomic E-state index is 0.358. The van der Waals surface area contributed by atoms with E-state index in [1.807, 2.05) is 0 Å². The molecule has 0 saturated heterocycles. The monoisotopic (exact) mass is 237 g/mol. The lowest BCUT2D eigenvalue weighted by atomic mass is 10.0. The molecule has 17 heavy (non-hydrogen) atoms. The Bertz CT molecular complexity index is 265. The Kier molecular flexibility index (Phi) is 3.79. The van der Waals surface area contributed by atoms with Crippen LogP contribution in [0, 0.1) is 29.6 Å². The van der Waals surface area contributed by atoms with E-state index < -0.39 is 0 Å². The molecule has 2 heteroatoms. The number of hydrogen-bond donors (Lipinski definition) is 0. The van der Waals surface area contributed by atoms with Crippen LogP contribution in [0.3, 0.4) is 0 Å². The quantitative estimate of drug-likeness (QED) is 0.719. The van der Waals surface area contributed by atoms with Crippen LogP contribution in [0.15, 0.2) is 0 Å². The maximum Gasteiger partial charge on any atom is 0.225 e. The van der Waals surface area contributed by atoms with Gasteiger partial charge in [-0.2, -0.15) is 0 Å². The molecule has 1 amide bonds. The first kappa shape index (κ1) is 12.9. The van der Waals surface area contributed by atoms with Gasteiger partial charge in [-0.25, -0.2) is 0 Å². The van der Waals surface area contributed by atoms with Crippen molar-refractivity contribution in [1.29, 1.82) is 0 Å². The molecule has 0 radical (unpaired) electrons. The van der Waals surface area contributed by atoms with Crippen molar-refractivity contribution in [1.82, 2.24) is 4.90 Å². The zero-order chi connectivity index (χ0) is 12.6. The van der Waals surface area contributed by atoms with Crippen molar-refractivity contribution >= 4 is 5.91 Å². The first-order valence-corrected chi connectivity index (χ1v) is 7.26. The highest BCUT2D eigenvalue weighted by atomic mass is 16.2. The zero-order valence-electron chi connectivity index (χ0n) is 11.8. The average molecular weight is 237 g/mol. The lowest BCUT2D eigenvalue weighted by molar-refractivity contribution is -0.136. The summed E-state index contributed by atoms with van der Waals surface area (Å²) in [6, 6.07) is 0. The zero-order valence-corrected chi connectivity index (χ0v) is 11.8. The molecule has 2 aliphatic rings. The van der Waals surface area contributed by atoms with E-state index in [2.05, 4.69) is 32.6 Å². The predicted octanol–water partition coefficient (Wildman–Crippen LogP) is 3.17. The Hall–Kier alpha value is -0.530. The van der Waals surface area contributed by atoms with Crippen LogP contribution in [0.5, 0.6) is 0 Å². The normalized spacial score (nSPS) is 30.8. The lowest BCUT2D eigenvalue weighted by Crippen LogP contribution is -2.40. The summed E-state index contributed by atoms with van der Waals surface area (Å²) >= 11 is 0. The highest BCUT2D eigenvalue weighted by Crippen LogP contribution is 2.54. The Morgan fingerprint density at radius 1 is 1.00 bits per heavy atom. The molecule has 0 aromatic rings. The van der Waals surface area contributed by atoms with Gasteiger partial charge in [0.25, 0.3) is 0 Å². The van der Waals surface area contributed by atoms with Crippen LogP contribution in [0.2, 0.25) is 0 Å². The number of carbonyl (C=O) groups is 1. The standard InChI is InChI=1S/C15H27NO/c1-10(2)8-16(9-11(3)4)15(17)14-6-12-5-13(12)7-14/h10-14H,5-9H2,1-4H3. The van der Waals surface area contributed by atoms with Crippen molar-refractivity contribution < 1.29 is 4.79 Å². The van der Waals surface area contributed by atoms with E-state index in [4.69, 9.17) is 0 Å².